The summed E-state index contributed by atoms with van der Waals surface area (Å²) < 4.78 is 77.3. The minimum Gasteiger partial charge on any atom is -0.497 e. The zero-order valence-corrected chi connectivity index (χ0v) is 21.5. The number of halogens is 4. The molecule has 1 saturated heterocycles. The third kappa shape index (κ3) is 5.96. The molecule has 0 saturated carbocycles. The highest BCUT2D eigenvalue weighted by Gasteiger charge is 2.32. The molecule has 1 N–H and O–H groups in total. The van der Waals surface area contributed by atoms with Crippen molar-refractivity contribution in [3.8, 4) is 11.5 Å². The quantitative estimate of drug-likeness (QED) is 0.443. The Morgan fingerprint density at radius 3 is 2.30 bits per heavy atom. The Bertz CT molecular complexity index is 1380. The number of piperazine rings is 1. The summed E-state index contributed by atoms with van der Waals surface area (Å²) in [7, 11) is -1.10. The smallest absolute Gasteiger partial charge is 0.416 e. The number of benzene rings is 2. The summed E-state index contributed by atoms with van der Waals surface area (Å²) in [5, 5.41) is 0.208. The number of aromatic nitrogens is 1. The van der Waals surface area contributed by atoms with Crippen molar-refractivity contribution in [2.24, 2.45) is 0 Å². The van der Waals surface area contributed by atoms with Gasteiger partial charge < -0.3 is 19.3 Å². The van der Waals surface area contributed by atoms with E-state index in [2.05, 4.69) is 14.6 Å². The second-order valence-corrected chi connectivity index (χ2v) is 10.3. The third-order valence-corrected chi connectivity index (χ3v) is 7.51. The molecule has 1 aliphatic heterocycles. The molecule has 0 aliphatic carbocycles. The topological polar surface area (TPSA) is 84.0 Å². The first-order chi connectivity index (χ1) is 17.5. The monoisotopic (exact) mass is 556 g/mol. The average Bonchev–Trinajstić information content (AvgIpc) is 2.88. The molecule has 0 amide bonds. The maximum Gasteiger partial charge on any atom is 0.416 e. The third-order valence-electron chi connectivity index (χ3n) is 5.85. The van der Waals surface area contributed by atoms with E-state index in [0.717, 1.165) is 23.9 Å². The van der Waals surface area contributed by atoms with E-state index in [-0.39, 0.29) is 10.7 Å². The first kappa shape index (κ1) is 26.7. The highest BCUT2D eigenvalue weighted by atomic mass is 35.5. The van der Waals surface area contributed by atoms with Gasteiger partial charge in [0, 0.05) is 32.2 Å². The number of ether oxygens (including phenoxy) is 2. The minimum absolute atomic E-state index is 0.0350. The average molecular weight is 557 g/mol. The molecule has 0 radical (unpaired) electrons. The number of anilines is 3. The van der Waals surface area contributed by atoms with Crippen LogP contribution in [0.25, 0.3) is 0 Å². The first-order valence-corrected chi connectivity index (χ1v) is 13.0. The summed E-state index contributed by atoms with van der Waals surface area (Å²) >= 11 is 6.42. The molecule has 2 heterocycles. The predicted octanol–water partition coefficient (Wildman–Crippen LogP) is 4.90. The van der Waals surface area contributed by atoms with Gasteiger partial charge >= 0.3 is 6.18 Å². The number of hydrogen-bond donors (Lipinski definition) is 1. The van der Waals surface area contributed by atoms with Crippen molar-refractivity contribution in [3.63, 3.8) is 0 Å². The molecule has 1 aliphatic rings. The molecule has 0 atom stereocenters. The molecule has 0 bridgehead atoms. The van der Waals surface area contributed by atoms with Gasteiger partial charge in [-0.15, -0.1) is 0 Å². The fourth-order valence-electron chi connectivity index (χ4n) is 3.98. The van der Waals surface area contributed by atoms with Gasteiger partial charge in [0.25, 0.3) is 10.0 Å². The fourth-order valence-corrected chi connectivity index (χ4v) is 5.34. The van der Waals surface area contributed by atoms with Gasteiger partial charge in [0.05, 0.1) is 47.3 Å². The number of alkyl halides is 3. The van der Waals surface area contributed by atoms with Crippen LogP contribution in [0.4, 0.5) is 30.4 Å². The Hall–Kier alpha value is -3.38. The van der Waals surface area contributed by atoms with Crippen LogP contribution in [-0.2, 0) is 16.2 Å². The van der Waals surface area contributed by atoms with Crippen LogP contribution in [0.5, 0.6) is 11.5 Å². The summed E-state index contributed by atoms with van der Waals surface area (Å²) in [6.07, 6.45) is -3.38. The molecule has 13 heteroatoms. The zero-order valence-electron chi connectivity index (χ0n) is 19.9. The van der Waals surface area contributed by atoms with E-state index in [4.69, 9.17) is 21.1 Å². The van der Waals surface area contributed by atoms with Crippen molar-refractivity contribution in [3.05, 3.63) is 65.3 Å². The number of nitrogens with zero attached hydrogens (tertiary/aromatic N) is 3. The Morgan fingerprint density at radius 2 is 1.68 bits per heavy atom. The van der Waals surface area contributed by atoms with Crippen molar-refractivity contribution >= 4 is 38.8 Å². The van der Waals surface area contributed by atoms with Gasteiger partial charge in [-0.1, -0.05) is 17.7 Å². The molecule has 37 heavy (non-hydrogen) atoms. The lowest BCUT2D eigenvalue weighted by molar-refractivity contribution is -0.137. The number of hydrogen-bond acceptors (Lipinski definition) is 7. The summed E-state index contributed by atoms with van der Waals surface area (Å²) in [5.41, 5.74) is -0.0950. The van der Waals surface area contributed by atoms with Crippen LogP contribution in [0, 0.1) is 0 Å². The molecule has 4 rings (SSSR count). The van der Waals surface area contributed by atoms with Gasteiger partial charge in [0.1, 0.15) is 17.3 Å². The van der Waals surface area contributed by atoms with Crippen molar-refractivity contribution in [1.29, 1.82) is 0 Å². The van der Waals surface area contributed by atoms with Crippen molar-refractivity contribution in [2.75, 3.05) is 54.9 Å². The standard InChI is InChI=1S/C24H24ClF3N4O4S/c1-35-18-6-7-21(22(14-18)36-2)31-8-10-32(11-9-31)23-20(25)13-17(15-29-23)30-37(33,34)19-5-3-4-16(12-19)24(26,27)28/h3-7,12-15,30H,8-11H2,1-2H3. The molecule has 8 nitrogen and oxygen atoms in total. The van der Waals surface area contributed by atoms with Crippen molar-refractivity contribution in [1.82, 2.24) is 4.98 Å². The van der Waals surface area contributed by atoms with Gasteiger partial charge in [-0.3, -0.25) is 4.72 Å². The SMILES string of the molecule is COc1ccc(N2CCN(c3ncc(NS(=O)(=O)c4cccc(C(F)(F)F)c4)cc3Cl)CC2)c(OC)c1. The van der Waals surface area contributed by atoms with Gasteiger partial charge in [0.2, 0.25) is 0 Å². The summed E-state index contributed by atoms with van der Waals surface area (Å²) in [4.78, 5) is 7.94. The molecule has 1 fully saturated rings. The number of sulfonamides is 1. The zero-order chi connectivity index (χ0) is 26.8. The van der Waals surface area contributed by atoms with E-state index in [1.807, 2.05) is 23.1 Å². The Balaban J connectivity index is 1.45. The lowest BCUT2D eigenvalue weighted by Crippen LogP contribution is -2.47. The Morgan fingerprint density at radius 1 is 0.973 bits per heavy atom. The van der Waals surface area contributed by atoms with Crippen LogP contribution in [0.15, 0.2) is 59.6 Å². The van der Waals surface area contributed by atoms with E-state index in [9.17, 15) is 21.6 Å². The van der Waals surface area contributed by atoms with E-state index in [0.29, 0.717) is 49.6 Å². The fraction of sp³-hybridized carbons (Fsp3) is 0.292. The summed E-state index contributed by atoms with van der Waals surface area (Å²) in [5.74, 6) is 1.87. The molecule has 0 unspecified atom stereocenters. The molecule has 198 valence electrons. The van der Waals surface area contributed by atoms with Crippen molar-refractivity contribution < 1.29 is 31.1 Å². The van der Waals surface area contributed by atoms with Gasteiger partial charge in [0.15, 0.2) is 0 Å². The lowest BCUT2D eigenvalue weighted by Gasteiger charge is -2.37. The minimum atomic E-state index is -4.67. The maximum atomic E-state index is 13.0. The maximum absolute atomic E-state index is 13.0. The van der Waals surface area contributed by atoms with E-state index < -0.39 is 26.7 Å². The van der Waals surface area contributed by atoms with E-state index in [1.165, 1.54) is 12.3 Å². The predicted molar refractivity (Wildman–Crippen MR) is 135 cm³/mol. The first-order valence-electron chi connectivity index (χ1n) is 11.1. The highest BCUT2D eigenvalue weighted by Crippen LogP contribution is 2.35. The second-order valence-electron chi connectivity index (χ2n) is 8.17. The highest BCUT2D eigenvalue weighted by molar-refractivity contribution is 7.92. The number of methoxy groups -OCH3 is 2. The van der Waals surface area contributed by atoms with Crippen molar-refractivity contribution in [2.45, 2.75) is 11.1 Å². The molecule has 2 aromatic carbocycles. The Kier molecular flexibility index (Phi) is 7.60. The van der Waals surface area contributed by atoms with E-state index in [1.54, 1.807) is 14.2 Å². The van der Waals surface area contributed by atoms with E-state index >= 15 is 0 Å². The van der Waals surface area contributed by atoms with Crippen LogP contribution in [0.1, 0.15) is 5.56 Å². The molecule has 1 aromatic heterocycles. The van der Waals surface area contributed by atoms with Crippen LogP contribution >= 0.6 is 11.6 Å². The summed E-state index contributed by atoms with van der Waals surface area (Å²) in [6.45, 7) is 2.50. The van der Waals surface area contributed by atoms with Crippen LogP contribution in [0.3, 0.4) is 0 Å². The van der Waals surface area contributed by atoms with Crippen LogP contribution in [0.2, 0.25) is 5.02 Å². The number of nitrogens with one attached hydrogen (secondary N) is 1. The van der Waals surface area contributed by atoms with Crippen LogP contribution < -0.4 is 24.0 Å². The van der Waals surface area contributed by atoms with Gasteiger partial charge in [-0.05, 0) is 36.4 Å². The van der Waals surface area contributed by atoms with Gasteiger partial charge in [-0.2, -0.15) is 13.2 Å². The lowest BCUT2D eigenvalue weighted by atomic mass is 10.2. The molecule has 3 aromatic rings. The molecular weight excluding hydrogens is 533 g/mol. The second kappa shape index (κ2) is 10.5. The normalized spacial score (nSPS) is 14.4. The summed E-state index contributed by atoms with van der Waals surface area (Å²) in [6, 6.07) is 10.5. The number of pyridine rings is 1. The Labute approximate surface area is 217 Å². The molecule has 0 spiro atoms. The molecular formula is C24H24ClF3N4O4S. The number of rotatable bonds is 7. The largest absolute Gasteiger partial charge is 0.497 e. The van der Waals surface area contributed by atoms with Crippen LogP contribution in [-0.4, -0.2) is 53.8 Å². The van der Waals surface area contributed by atoms with Gasteiger partial charge in [-0.25, -0.2) is 13.4 Å².